The number of hydrogen-bond donors (Lipinski definition) is 6. The molecule has 0 unspecified atom stereocenters. The highest BCUT2D eigenvalue weighted by Crippen LogP contribution is 2.23. The van der Waals surface area contributed by atoms with E-state index in [1.54, 1.807) is 24.5 Å². The zero-order valence-corrected chi connectivity index (χ0v) is 14.2. The third kappa shape index (κ3) is 3.70. The molecule has 10 nitrogen and oxygen atoms in total. The molecule has 11 heteroatoms. The van der Waals surface area contributed by atoms with Crippen molar-refractivity contribution in [3.05, 3.63) is 64.9 Å². The van der Waals surface area contributed by atoms with E-state index in [4.69, 9.17) is 17.7 Å². The van der Waals surface area contributed by atoms with Gasteiger partial charge in [-0.15, -0.1) is 11.5 Å². The number of nitrogens with zero attached hydrogens (tertiary/aromatic N) is 3. The molecule has 3 rings (SSSR count). The molecule has 0 atom stereocenters. The standard InChI is InChI=1S/C17H14FN9O/c1-2-9-5-15(11(6-12(9)18)16(19)26-27-20)23-17(28)14-4-3-13(24-25-14)10-7-21-22-8-10/h1,3-8,24-25H,(H,21,22)(H,23,28)(H3,19,20,26). The number of anilines is 1. The second-order valence-electron chi connectivity index (χ2n) is 5.44. The van der Waals surface area contributed by atoms with Crippen molar-refractivity contribution in [1.29, 1.82) is 5.41 Å². The molecule has 0 aliphatic carbocycles. The van der Waals surface area contributed by atoms with E-state index in [9.17, 15) is 9.18 Å². The number of halogens is 1. The summed E-state index contributed by atoms with van der Waals surface area (Å²) < 4.78 is 14.0. The summed E-state index contributed by atoms with van der Waals surface area (Å²) in [5, 5.41) is 23.3. The first-order chi connectivity index (χ1) is 13.5. The van der Waals surface area contributed by atoms with Crippen LogP contribution in [-0.4, -0.2) is 21.9 Å². The van der Waals surface area contributed by atoms with E-state index in [1.165, 1.54) is 6.07 Å². The van der Waals surface area contributed by atoms with Gasteiger partial charge in [0.15, 0.2) is 5.84 Å². The minimum absolute atomic E-state index is 0.0296. The lowest BCUT2D eigenvalue weighted by atomic mass is 10.1. The van der Waals surface area contributed by atoms with Crippen LogP contribution in [0.1, 0.15) is 16.7 Å². The first-order valence-corrected chi connectivity index (χ1v) is 7.78. The van der Waals surface area contributed by atoms with Crippen LogP contribution in [0.4, 0.5) is 10.1 Å². The molecule has 1 amide bonds. The number of benzene rings is 1. The van der Waals surface area contributed by atoms with E-state index in [1.807, 2.05) is 0 Å². The lowest BCUT2D eigenvalue weighted by molar-refractivity contribution is -0.113. The van der Waals surface area contributed by atoms with Crippen molar-refractivity contribution >= 4 is 23.1 Å². The number of aromatic amines is 1. The Balaban J connectivity index is 1.88. The number of amides is 1. The molecule has 0 saturated carbocycles. The predicted molar refractivity (Wildman–Crippen MR) is 99.8 cm³/mol. The van der Waals surface area contributed by atoms with Crippen LogP contribution in [0.15, 0.2) is 52.7 Å². The third-order valence-electron chi connectivity index (χ3n) is 3.73. The van der Waals surface area contributed by atoms with Gasteiger partial charge in [-0.1, -0.05) is 11.1 Å². The molecule has 0 saturated heterocycles. The largest absolute Gasteiger partial charge is 0.320 e. The molecule has 2 heterocycles. The molecule has 1 aliphatic heterocycles. The smallest absolute Gasteiger partial charge is 0.273 e. The van der Waals surface area contributed by atoms with Crippen LogP contribution in [0.5, 0.6) is 0 Å². The van der Waals surface area contributed by atoms with Crippen molar-refractivity contribution in [1.82, 2.24) is 21.0 Å². The molecule has 0 bridgehead atoms. The molecule has 7 N–H and O–H groups in total. The fraction of sp³-hybridized carbons (Fsp3) is 0. The Bertz CT molecular complexity index is 1060. The van der Waals surface area contributed by atoms with Crippen molar-refractivity contribution in [2.45, 2.75) is 0 Å². The van der Waals surface area contributed by atoms with Gasteiger partial charge >= 0.3 is 0 Å². The minimum atomic E-state index is -0.739. The maximum atomic E-state index is 14.0. The van der Waals surface area contributed by atoms with Gasteiger partial charge in [-0.2, -0.15) is 5.10 Å². The summed E-state index contributed by atoms with van der Waals surface area (Å²) in [7, 11) is 0. The third-order valence-corrected chi connectivity index (χ3v) is 3.73. The van der Waals surface area contributed by atoms with E-state index >= 15 is 0 Å². The van der Waals surface area contributed by atoms with E-state index in [0.717, 1.165) is 11.6 Å². The Morgan fingerprint density at radius 3 is 2.79 bits per heavy atom. The number of amidine groups is 1. The molecule has 140 valence electrons. The highest BCUT2D eigenvalue weighted by molar-refractivity contribution is 6.09. The lowest BCUT2D eigenvalue weighted by Crippen LogP contribution is -2.37. The van der Waals surface area contributed by atoms with Crippen molar-refractivity contribution in [3.63, 3.8) is 0 Å². The zero-order chi connectivity index (χ0) is 20.1. The Kier molecular flexibility index (Phi) is 5.13. The first-order valence-electron chi connectivity index (χ1n) is 7.78. The number of H-pyrrole nitrogens is 1. The van der Waals surface area contributed by atoms with Crippen molar-refractivity contribution in [2.75, 3.05) is 5.32 Å². The first kappa shape index (κ1) is 18.3. The Labute approximate surface area is 158 Å². The Morgan fingerprint density at radius 1 is 1.36 bits per heavy atom. The highest BCUT2D eigenvalue weighted by atomic mass is 19.1. The number of terminal acetylenes is 1. The summed E-state index contributed by atoms with van der Waals surface area (Å²) in [5.74, 6) is 5.39. The lowest BCUT2D eigenvalue weighted by Gasteiger charge is -2.19. The summed E-state index contributed by atoms with van der Waals surface area (Å²) in [5.41, 5.74) is 7.27. The number of hydrogen-bond acceptors (Lipinski definition) is 6. The minimum Gasteiger partial charge on any atom is -0.320 e. The molecule has 0 fully saturated rings. The van der Waals surface area contributed by atoms with Gasteiger partial charge in [0, 0.05) is 17.3 Å². The molecule has 0 radical (unpaired) electrons. The van der Waals surface area contributed by atoms with E-state index in [0.29, 0.717) is 5.70 Å². The molecule has 1 aromatic carbocycles. The number of rotatable bonds is 4. The van der Waals surface area contributed by atoms with Gasteiger partial charge in [0.1, 0.15) is 11.5 Å². The van der Waals surface area contributed by atoms with Crippen LogP contribution in [0.25, 0.3) is 5.70 Å². The second kappa shape index (κ2) is 7.83. The van der Waals surface area contributed by atoms with Crippen LogP contribution in [0, 0.1) is 23.6 Å². The SMILES string of the molecule is C#Cc1cc(NC(=O)C2=CC=C(c3cn[nH]c3)NN2)c(C(=N)N=NN)cc1F. The van der Waals surface area contributed by atoms with E-state index in [-0.39, 0.29) is 22.5 Å². The van der Waals surface area contributed by atoms with Crippen molar-refractivity contribution in [2.24, 2.45) is 16.2 Å². The summed E-state index contributed by atoms with van der Waals surface area (Å²) in [6.45, 7) is 0. The quantitative estimate of drug-likeness (QED) is 0.117. The topological polar surface area (TPSA) is 156 Å². The molecule has 28 heavy (non-hydrogen) atoms. The number of aromatic nitrogens is 2. The normalized spacial score (nSPS) is 13.0. The van der Waals surface area contributed by atoms with Gasteiger partial charge in [-0.25, -0.2) is 4.39 Å². The number of carbonyl (C=O) groups excluding carboxylic acids is 1. The van der Waals surface area contributed by atoms with Crippen LogP contribution in [0.2, 0.25) is 0 Å². The van der Waals surface area contributed by atoms with E-state index in [2.05, 4.69) is 42.6 Å². The molecular weight excluding hydrogens is 365 g/mol. The Morgan fingerprint density at radius 2 is 2.18 bits per heavy atom. The van der Waals surface area contributed by atoms with E-state index < -0.39 is 17.6 Å². The van der Waals surface area contributed by atoms with Crippen LogP contribution >= 0.6 is 0 Å². The predicted octanol–water partition coefficient (Wildman–Crippen LogP) is 1.15. The Hall–Kier alpha value is -4.46. The van der Waals surface area contributed by atoms with Crippen LogP contribution in [0.3, 0.4) is 0 Å². The van der Waals surface area contributed by atoms with Gasteiger partial charge in [-0.3, -0.25) is 20.7 Å². The monoisotopic (exact) mass is 379 g/mol. The maximum absolute atomic E-state index is 14.0. The van der Waals surface area contributed by atoms with Crippen LogP contribution < -0.4 is 22.0 Å². The summed E-state index contributed by atoms with van der Waals surface area (Å²) in [6.07, 6.45) is 11.8. The van der Waals surface area contributed by atoms with Gasteiger partial charge < -0.3 is 16.6 Å². The number of nitrogens with one attached hydrogen (secondary N) is 5. The molecule has 2 aromatic rings. The number of hydrazine groups is 1. The average Bonchev–Trinajstić information content (AvgIpc) is 3.24. The van der Waals surface area contributed by atoms with Gasteiger partial charge in [-0.05, 0) is 24.3 Å². The number of allylic oxidation sites excluding steroid dienone is 2. The number of carbonyl (C=O) groups is 1. The summed E-state index contributed by atoms with van der Waals surface area (Å²) >= 11 is 0. The molecular formula is C17H14FN9O. The zero-order valence-electron chi connectivity index (χ0n) is 14.2. The average molecular weight is 379 g/mol. The molecule has 1 aromatic heterocycles. The van der Waals surface area contributed by atoms with Gasteiger partial charge in [0.2, 0.25) is 0 Å². The number of nitrogens with two attached hydrogens (primary N) is 1. The second-order valence-corrected chi connectivity index (χ2v) is 5.44. The van der Waals surface area contributed by atoms with Crippen molar-refractivity contribution in [3.8, 4) is 12.3 Å². The van der Waals surface area contributed by atoms with Gasteiger partial charge in [0.05, 0.1) is 23.1 Å². The van der Waals surface area contributed by atoms with Crippen LogP contribution in [-0.2, 0) is 4.79 Å². The fourth-order valence-corrected chi connectivity index (χ4v) is 2.37. The maximum Gasteiger partial charge on any atom is 0.273 e. The molecule has 1 aliphatic rings. The molecule has 0 spiro atoms. The van der Waals surface area contributed by atoms with Crippen molar-refractivity contribution < 1.29 is 9.18 Å². The van der Waals surface area contributed by atoms with Gasteiger partial charge in [0.25, 0.3) is 5.91 Å². The fourth-order valence-electron chi connectivity index (χ4n) is 2.37. The summed E-state index contributed by atoms with van der Waals surface area (Å²) in [6, 6.07) is 2.21. The summed E-state index contributed by atoms with van der Waals surface area (Å²) in [4.78, 5) is 12.6. The highest BCUT2D eigenvalue weighted by Gasteiger charge is 2.18.